The number of ether oxygens (including phenoxy) is 5. The van der Waals surface area contributed by atoms with Crippen molar-refractivity contribution in [2.45, 2.75) is 13.8 Å². The van der Waals surface area contributed by atoms with Crippen LogP contribution in [0.4, 0.5) is 0 Å². The Morgan fingerprint density at radius 2 is 1.33 bits per heavy atom. The maximum absolute atomic E-state index is 11.2. The average Bonchev–Trinajstić information content (AvgIpc) is 2.50. The number of allylic oxidation sites excluding steroid dienone is 1. The standard InChI is InChI=1S/C14H26O7/c1-12(14(16)17-3)13(2)21-11-10-20-9-8-19-7-6-18-5-4-15/h15H,4-11H2,1-3H3. The first kappa shape index (κ1) is 19.9. The van der Waals surface area contributed by atoms with Gasteiger partial charge in [0.15, 0.2) is 0 Å². The highest BCUT2D eigenvalue weighted by molar-refractivity contribution is 5.88. The van der Waals surface area contributed by atoms with Crippen LogP contribution in [0.25, 0.3) is 0 Å². The first-order chi connectivity index (χ1) is 10.1. The minimum atomic E-state index is -0.398. The van der Waals surface area contributed by atoms with Crippen molar-refractivity contribution in [2.24, 2.45) is 0 Å². The molecule has 21 heavy (non-hydrogen) atoms. The second-order valence-corrected chi connectivity index (χ2v) is 4.08. The normalized spacial score (nSPS) is 12.0. The average molecular weight is 306 g/mol. The van der Waals surface area contributed by atoms with Crippen LogP contribution < -0.4 is 0 Å². The number of aliphatic hydroxyl groups is 1. The summed E-state index contributed by atoms with van der Waals surface area (Å²) in [5.74, 6) is 0.132. The monoisotopic (exact) mass is 306 g/mol. The highest BCUT2D eigenvalue weighted by atomic mass is 16.6. The van der Waals surface area contributed by atoms with Gasteiger partial charge in [-0.3, -0.25) is 0 Å². The molecule has 0 aliphatic heterocycles. The van der Waals surface area contributed by atoms with E-state index < -0.39 is 5.97 Å². The molecule has 0 atom stereocenters. The van der Waals surface area contributed by atoms with Crippen LogP contribution in [-0.4, -0.2) is 71.0 Å². The Hall–Kier alpha value is -1.15. The Kier molecular flexibility index (Phi) is 13.1. The second kappa shape index (κ2) is 13.8. The quantitative estimate of drug-likeness (QED) is 0.230. The van der Waals surface area contributed by atoms with Crippen molar-refractivity contribution in [3.8, 4) is 0 Å². The molecular formula is C14H26O7. The van der Waals surface area contributed by atoms with Crippen molar-refractivity contribution in [1.82, 2.24) is 0 Å². The van der Waals surface area contributed by atoms with Gasteiger partial charge >= 0.3 is 5.97 Å². The van der Waals surface area contributed by atoms with Crippen LogP contribution in [0.15, 0.2) is 11.3 Å². The van der Waals surface area contributed by atoms with Gasteiger partial charge in [0.1, 0.15) is 12.4 Å². The van der Waals surface area contributed by atoms with Gasteiger partial charge in [0.05, 0.1) is 58.9 Å². The molecular weight excluding hydrogens is 280 g/mol. The third-order valence-corrected chi connectivity index (χ3v) is 2.55. The van der Waals surface area contributed by atoms with Gasteiger partial charge in [0.2, 0.25) is 0 Å². The fourth-order valence-electron chi connectivity index (χ4n) is 1.27. The third-order valence-electron chi connectivity index (χ3n) is 2.55. The molecule has 1 N–H and O–H groups in total. The number of aliphatic hydroxyl groups excluding tert-OH is 1. The highest BCUT2D eigenvalue weighted by Gasteiger charge is 2.08. The molecule has 0 aliphatic rings. The molecule has 0 saturated heterocycles. The van der Waals surface area contributed by atoms with Crippen LogP contribution in [-0.2, 0) is 28.5 Å². The zero-order valence-corrected chi connectivity index (χ0v) is 13.1. The number of carbonyl (C=O) groups is 1. The second-order valence-electron chi connectivity index (χ2n) is 4.08. The van der Waals surface area contributed by atoms with Gasteiger partial charge in [-0.15, -0.1) is 0 Å². The topological polar surface area (TPSA) is 83.5 Å². The van der Waals surface area contributed by atoms with Crippen molar-refractivity contribution >= 4 is 5.97 Å². The predicted molar refractivity (Wildman–Crippen MR) is 75.9 cm³/mol. The van der Waals surface area contributed by atoms with E-state index in [0.29, 0.717) is 57.6 Å². The van der Waals surface area contributed by atoms with Crippen LogP contribution in [0.1, 0.15) is 13.8 Å². The summed E-state index contributed by atoms with van der Waals surface area (Å²) in [7, 11) is 1.33. The highest BCUT2D eigenvalue weighted by Crippen LogP contribution is 2.06. The lowest BCUT2D eigenvalue weighted by atomic mass is 10.3. The van der Waals surface area contributed by atoms with Crippen molar-refractivity contribution in [3.63, 3.8) is 0 Å². The van der Waals surface area contributed by atoms with Gasteiger partial charge in [-0.25, -0.2) is 4.79 Å². The van der Waals surface area contributed by atoms with Crippen molar-refractivity contribution in [2.75, 3.05) is 60.0 Å². The molecule has 0 aromatic rings. The maximum atomic E-state index is 11.2. The molecule has 0 amide bonds. The Bertz CT molecular complexity index is 302. The lowest BCUT2D eigenvalue weighted by Crippen LogP contribution is -2.13. The molecule has 0 bridgehead atoms. The van der Waals surface area contributed by atoms with Crippen LogP contribution >= 0.6 is 0 Å². The van der Waals surface area contributed by atoms with Gasteiger partial charge in [-0.2, -0.15) is 0 Å². The number of methoxy groups -OCH3 is 1. The van der Waals surface area contributed by atoms with E-state index in [0.717, 1.165) is 0 Å². The van der Waals surface area contributed by atoms with E-state index in [-0.39, 0.29) is 6.61 Å². The summed E-state index contributed by atoms with van der Waals surface area (Å²) in [4.78, 5) is 11.2. The number of carbonyl (C=O) groups excluding carboxylic acids is 1. The third kappa shape index (κ3) is 11.2. The van der Waals surface area contributed by atoms with E-state index in [1.54, 1.807) is 13.8 Å². The molecule has 0 fully saturated rings. The first-order valence-corrected chi connectivity index (χ1v) is 6.86. The molecule has 0 radical (unpaired) electrons. The van der Waals surface area contributed by atoms with Gasteiger partial charge < -0.3 is 28.8 Å². The Morgan fingerprint density at radius 1 is 0.857 bits per heavy atom. The van der Waals surface area contributed by atoms with E-state index in [4.69, 9.17) is 24.1 Å². The van der Waals surface area contributed by atoms with Crippen molar-refractivity contribution < 1.29 is 33.6 Å². The molecule has 0 spiro atoms. The molecule has 0 rings (SSSR count). The summed E-state index contributed by atoms with van der Waals surface area (Å²) in [5.41, 5.74) is 0.448. The molecule has 0 aromatic carbocycles. The zero-order chi connectivity index (χ0) is 15.9. The smallest absolute Gasteiger partial charge is 0.336 e. The van der Waals surface area contributed by atoms with Crippen LogP contribution in [0.3, 0.4) is 0 Å². The molecule has 0 aromatic heterocycles. The van der Waals surface area contributed by atoms with Crippen LogP contribution in [0.2, 0.25) is 0 Å². The number of esters is 1. The Balaban J connectivity index is 3.42. The molecule has 124 valence electrons. The lowest BCUT2D eigenvalue weighted by molar-refractivity contribution is -0.136. The first-order valence-electron chi connectivity index (χ1n) is 6.86. The van der Waals surface area contributed by atoms with E-state index in [9.17, 15) is 4.79 Å². The SMILES string of the molecule is COC(=O)C(C)=C(C)OCCOCCOCCOCCO. The fraction of sp³-hybridized carbons (Fsp3) is 0.786. The molecule has 0 heterocycles. The fourth-order valence-corrected chi connectivity index (χ4v) is 1.27. The molecule has 7 heteroatoms. The summed E-state index contributed by atoms with van der Waals surface area (Å²) in [6.45, 7) is 6.34. The van der Waals surface area contributed by atoms with E-state index in [1.165, 1.54) is 7.11 Å². The van der Waals surface area contributed by atoms with Gasteiger partial charge in [0, 0.05) is 0 Å². The summed E-state index contributed by atoms with van der Waals surface area (Å²) < 4.78 is 25.5. The summed E-state index contributed by atoms with van der Waals surface area (Å²) in [5, 5.41) is 8.48. The summed E-state index contributed by atoms with van der Waals surface area (Å²) >= 11 is 0. The Labute approximate surface area is 125 Å². The Morgan fingerprint density at radius 3 is 1.81 bits per heavy atom. The van der Waals surface area contributed by atoms with Gasteiger partial charge in [-0.1, -0.05) is 0 Å². The minimum Gasteiger partial charge on any atom is -0.495 e. The van der Waals surface area contributed by atoms with E-state index >= 15 is 0 Å². The number of hydrogen-bond donors (Lipinski definition) is 1. The molecule has 0 saturated carbocycles. The van der Waals surface area contributed by atoms with Crippen molar-refractivity contribution in [1.29, 1.82) is 0 Å². The van der Waals surface area contributed by atoms with Gasteiger partial charge in [0.25, 0.3) is 0 Å². The number of hydrogen-bond acceptors (Lipinski definition) is 7. The predicted octanol–water partition coefficient (Wildman–Crippen LogP) is 0.512. The van der Waals surface area contributed by atoms with Crippen LogP contribution in [0, 0.1) is 0 Å². The molecule has 0 aliphatic carbocycles. The molecule has 0 unspecified atom stereocenters. The van der Waals surface area contributed by atoms with Gasteiger partial charge in [-0.05, 0) is 13.8 Å². The maximum Gasteiger partial charge on any atom is 0.336 e. The largest absolute Gasteiger partial charge is 0.495 e. The molecule has 7 nitrogen and oxygen atoms in total. The number of rotatable bonds is 13. The lowest BCUT2D eigenvalue weighted by Gasteiger charge is -2.10. The van der Waals surface area contributed by atoms with E-state index in [1.807, 2.05) is 0 Å². The van der Waals surface area contributed by atoms with E-state index in [2.05, 4.69) is 4.74 Å². The summed E-state index contributed by atoms with van der Waals surface area (Å²) in [6, 6.07) is 0. The van der Waals surface area contributed by atoms with Crippen LogP contribution in [0.5, 0.6) is 0 Å². The summed E-state index contributed by atoms with van der Waals surface area (Å²) in [6.07, 6.45) is 0. The van der Waals surface area contributed by atoms with Crippen molar-refractivity contribution in [3.05, 3.63) is 11.3 Å². The minimum absolute atomic E-state index is 0.0203. The zero-order valence-electron chi connectivity index (χ0n) is 13.1.